The first-order valence-corrected chi connectivity index (χ1v) is 11.7. The first kappa shape index (κ1) is 23.9. The number of aromatic nitrogens is 1. The molecule has 35 heavy (non-hydrogen) atoms. The lowest BCUT2D eigenvalue weighted by Gasteiger charge is -2.11. The quantitative estimate of drug-likeness (QED) is 0.338. The Bertz CT molecular complexity index is 1480. The average Bonchev–Trinajstić information content (AvgIpc) is 3.17. The predicted molar refractivity (Wildman–Crippen MR) is 136 cm³/mol. The van der Waals surface area contributed by atoms with Crippen LogP contribution in [0.25, 0.3) is 22.2 Å². The van der Waals surface area contributed by atoms with Crippen LogP contribution in [0, 0.1) is 18.3 Å². The van der Waals surface area contributed by atoms with Gasteiger partial charge in [0.05, 0.1) is 35.6 Å². The summed E-state index contributed by atoms with van der Waals surface area (Å²) in [4.78, 5) is 31.0. The zero-order chi connectivity index (χ0) is 25.1. The minimum atomic E-state index is -0.519. The Hall–Kier alpha value is -4.22. The Morgan fingerprint density at radius 2 is 1.89 bits per heavy atom. The number of nitriles is 1. The number of nitrogens with one attached hydrogen (secondary N) is 1. The van der Waals surface area contributed by atoms with E-state index in [0.29, 0.717) is 43.4 Å². The fourth-order valence-corrected chi connectivity index (χ4v) is 4.70. The number of para-hydroxylation sites is 1. The Morgan fingerprint density at radius 1 is 1.11 bits per heavy atom. The highest BCUT2D eigenvalue weighted by Gasteiger charge is 2.24. The van der Waals surface area contributed by atoms with Gasteiger partial charge in [0.1, 0.15) is 21.7 Å². The van der Waals surface area contributed by atoms with Crippen molar-refractivity contribution < 1.29 is 19.1 Å². The van der Waals surface area contributed by atoms with E-state index >= 15 is 0 Å². The van der Waals surface area contributed by atoms with E-state index in [2.05, 4.69) is 11.4 Å². The van der Waals surface area contributed by atoms with Gasteiger partial charge in [-0.15, -0.1) is 11.3 Å². The number of thiophene rings is 1. The molecule has 0 saturated heterocycles. The highest BCUT2D eigenvalue weighted by molar-refractivity contribution is 7.18. The number of methoxy groups -OCH3 is 1. The van der Waals surface area contributed by atoms with E-state index in [1.54, 1.807) is 33.9 Å². The second-order valence-corrected chi connectivity index (χ2v) is 9.11. The summed E-state index contributed by atoms with van der Waals surface area (Å²) in [7, 11) is 1.59. The Kier molecular flexibility index (Phi) is 6.80. The number of fused-ring (bicyclic) bond motifs is 1. The minimum Gasteiger partial charge on any atom is -0.497 e. The summed E-state index contributed by atoms with van der Waals surface area (Å²) in [5, 5.41) is 13.5. The first-order valence-electron chi connectivity index (χ1n) is 10.9. The van der Waals surface area contributed by atoms with Gasteiger partial charge in [0.25, 0.3) is 5.91 Å². The van der Waals surface area contributed by atoms with Crippen molar-refractivity contribution in [3.8, 4) is 23.1 Å². The number of esters is 1. The van der Waals surface area contributed by atoms with Crippen molar-refractivity contribution in [3.05, 3.63) is 76.2 Å². The highest BCUT2D eigenvalue weighted by Crippen LogP contribution is 2.34. The van der Waals surface area contributed by atoms with Gasteiger partial charge in [-0.25, -0.2) is 9.78 Å². The summed E-state index contributed by atoms with van der Waals surface area (Å²) in [6.07, 6.45) is -0.300. The van der Waals surface area contributed by atoms with Crippen LogP contribution in [-0.2, 0) is 4.74 Å². The Balaban J connectivity index is 1.77. The Labute approximate surface area is 206 Å². The molecule has 0 spiro atoms. The van der Waals surface area contributed by atoms with Gasteiger partial charge in [0.15, 0.2) is 0 Å². The lowest BCUT2D eigenvalue weighted by molar-refractivity contribution is 0.0383. The van der Waals surface area contributed by atoms with Crippen LogP contribution in [0.2, 0.25) is 0 Å². The highest BCUT2D eigenvalue weighted by atomic mass is 32.1. The molecule has 8 heteroatoms. The van der Waals surface area contributed by atoms with Crippen molar-refractivity contribution in [2.24, 2.45) is 0 Å². The summed E-state index contributed by atoms with van der Waals surface area (Å²) in [6, 6.07) is 18.6. The average molecular weight is 486 g/mol. The Morgan fingerprint density at radius 3 is 2.60 bits per heavy atom. The summed E-state index contributed by atoms with van der Waals surface area (Å²) in [5.41, 5.74) is 3.18. The molecule has 0 atom stereocenters. The summed E-state index contributed by atoms with van der Waals surface area (Å²) in [5.74, 6) is -0.250. The molecule has 0 saturated carbocycles. The van der Waals surface area contributed by atoms with Crippen molar-refractivity contribution in [2.45, 2.75) is 26.9 Å². The molecule has 7 nitrogen and oxygen atoms in total. The SMILES string of the molecule is COc1cccc(-c2cc(C(=O)Nc3sc(C(=O)OC(C)C)c(C)c3C#N)c3ccccc3n2)c1. The summed E-state index contributed by atoms with van der Waals surface area (Å²) < 4.78 is 10.6. The van der Waals surface area contributed by atoms with Crippen LogP contribution in [0.5, 0.6) is 5.75 Å². The largest absolute Gasteiger partial charge is 0.497 e. The third-order valence-corrected chi connectivity index (χ3v) is 6.53. The molecule has 2 heterocycles. The van der Waals surface area contributed by atoms with Crippen LogP contribution in [0.1, 0.15) is 45.0 Å². The monoisotopic (exact) mass is 485 g/mol. The maximum Gasteiger partial charge on any atom is 0.348 e. The van der Waals surface area contributed by atoms with Gasteiger partial charge in [0.2, 0.25) is 0 Å². The number of carbonyl (C=O) groups excluding carboxylic acids is 2. The number of hydrogen-bond acceptors (Lipinski definition) is 7. The number of amides is 1. The van der Waals surface area contributed by atoms with Crippen LogP contribution in [0.4, 0.5) is 5.00 Å². The molecule has 0 radical (unpaired) electrons. The topological polar surface area (TPSA) is 101 Å². The maximum absolute atomic E-state index is 13.5. The van der Waals surface area contributed by atoms with Crippen LogP contribution >= 0.6 is 11.3 Å². The molecular weight excluding hydrogens is 462 g/mol. The molecule has 0 fully saturated rings. The van der Waals surface area contributed by atoms with Gasteiger partial charge in [0, 0.05) is 10.9 Å². The number of hydrogen-bond donors (Lipinski definition) is 1. The van der Waals surface area contributed by atoms with Gasteiger partial charge in [-0.05, 0) is 50.6 Å². The lowest BCUT2D eigenvalue weighted by atomic mass is 10.0. The summed E-state index contributed by atoms with van der Waals surface area (Å²) >= 11 is 1.03. The zero-order valence-corrected chi connectivity index (χ0v) is 20.5. The molecule has 0 bridgehead atoms. The molecule has 0 aliphatic carbocycles. The van der Waals surface area contributed by atoms with E-state index in [1.807, 2.05) is 48.5 Å². The number of ether oxygens (including phenoxy) is 2. The molecule has 0 unspecified atom stereocenters. The van der Waals surface area contributed by atoms with E-state index < -0.39 is 11.9 Å². The fourth-order valence-electron chi connectivity index (χ4n) is 3.66. The zero-order valence-electron chi connectivity index (χ0n) is 19.7. The predicted octanol–water partition coefficient (Wildman–Crippen LogP) is 5.97. The number of carbonyl (C=O) groups is 2. The molecule has 0 aliphatic rings. The molecule has 2 aromatic heterocycles. The van der Waals surface area contributed by atoms with Crippen LogP contribution in [0.15, 0.2) is 54.6 Å². The molecule has 4 rings (SSSR count). The van der Waals surface area contributed by atoms with E-state index in [1.165, 1.54) is 0 Å². The van der Waals surface area contributed by atoms with Crippen LogP contribution in [-0.4, -0.2) is 30.1 Å². The van der Waals surface area contributed by atoms with Gasteiger partial charge < -0.3 is 14.8 Å². The normalized spacial score (nSPS) is 10.7. The van der Waals surface area contributed by atoms with E-state index in [4.69, 9.17) is 14.5 Å². The molecule has 176 valence electrons. The first-order chi connectivity index (χ1) is 16.8. The maximum atomic E-state index is 13.5. The van der Waals surface area contributed by atoms with Crippen molar-refractivity contribution in [1.29, 1.82) is 5.26 Å². The van der Waals surface area contributed by atoms with E-state index in [0.717, 1.165) is 16.9 Å². The van der Waals surface area contributed by atoms with Gasteiger partial charge in [-0.2, -0.15) is 5.26 Å². The number of nitrogens with zero attached hydrogens (tertiary/aromatic N) is 2. The molecule has 1 amide bonds. The molecule has 0 aliphatic heterocycles. The van der Waals surface area contributed by atoms with Gasteiger partial charge in [-0.1, -0.05) is 30.3 Å². The number of anilines is 1. The molecule has 4 aromatic rings. The van der Waals surface area contributed by atoms with Crippen molar-refractivity contribution >= 4 is 39.1 Å². The minimum absolute atomic E-state index is 0.241. The third-order valence-electron chi connectivity index (χ3n) is 5.34. The molecular formula is C27H23N3O4S. The van der Waals surface area contributed by atoms with E-state index in [9.17, 15) is 14.9 Å². The van der Waals surface area contributed by atoms with Crippen molar-refractivity contribution in [2.75, 3.05) is 12.4 Å². The molecule has 2 aromatic carbocycles. The smallest absolute Gasteiger partial charge is 0.348 e. The number of pyridine rings is 1. The second kappa shape index (κ2) is 9.95. The number of rotatable bonds is 6. The standard InChI is InChI=1S/C27H23N3O4S/c1-15(2)34-27(32)24-16(3)21(14-28)26(35-24)30-25(31)20-13-23(17-8-7-9-18(12-17)33-4)29-22-11-6-5-10-19(20)22/h5-13,15H,1-4H3,(H,30,31). The van der Waals surface area contributed by atoms with Crippen LogP contribution in [0.3, 0.4) is 0 Å². The second-order valence-electron chi connectivity index (χ2n) is 8.08. The molecule has 1 N–H and O–H groups in total. The lowest BCUT2D eigenvalue weighted by Crippen LogP contribution is -2.13. The van der Waals surface area contributed by atoms with Crippen LogP contribution < -0.4 is 10.1 Å². The van der Waals surface area contributed by atoms with E-state index in [-0.39, 0.29) is 11.7 Å². The fraction of sp³-hybridized carbons (Fsp3) is 0.185. The van der Waals surface area contributed by atoms with Crippen molar-refractivity contribution in [1.82, 2.24) is 4.98 Å². The number of benzene rings is 2. The summed E-state index contributed by atoms with van der Waals surface area (Å²) in [6.45, 7) is 5.18. The van der Waals surface area contributed by atoms with Gasteiger partial charge >= 0.3 is 5.97 Å². The third kappa shape index (κ3) is 4.86. The van der Waals surface area contributed by atoms with Crippen molar-refractivity contribution in [3.63, 3.8) is 0 Å². The van der Waals surface area contributed by atoms with Gasteiger partial charge in [-0.3, -0.25) is 4.79 Å².